The van der Waals surface area contributed by atoms with Crippen molar-refractivity contribution in [3.63, 3.8) is 0 Å². The van der Waals surface area contributed by atoms with Crippen LogP contribution in [0.3, 0.4) is 0 Å². The van der Waals surface area contributed by atoms with Crippen molar-refractivity contribution in [2.75, 3.05) is 20.3 Å². The number of hydrogen-bond donors (Lipinski definition) is 1. The number of rotatable bonds is 7. The van der Waals surface area contributed by atoms with Gasteiger partial charge in [-0.2, -0.15) is 0 Å². The fraction of sp³-hybridized carbons (Fsp3) is 0.500. The first kappa shape index (κ1) is 14.4. The van der Waals surface area contributed by atoms with Crippen molar-refractivity contribution < 1.29 is 18.7 Å². The Bertz CT molecular complexity index is 337. The molecule has 17 heavy (non-hydrogen) atoms. The topological polar surface area (TPSA) is 47.9 Å². The molecule has 0 unspecified atom stereocenters. The number of methoxy groups -OCH3 is 1. The van der Waals surface area contributed by atoms with E-state index in [1.54, 1.807) is 7.11 Å². The maximum atomic E-state index is 10.3. The number of benzene rings is 1. The molecule has 0 saturated heterocycles. The van der Waals surface area contributed by atoms with Gasteiger partial charge < -0.3 is 0 Å². The average Bonchev–Trinajstić information content (AvgIpc) is 2.29. The van der Waals surface area contributed by atoms with Crippen molar-refractivity contribution in [2.24, 2.45) is 0 Å². The first-order chi connectivity index (χ1) is 8.13. The molecule has 5 heteroatoms. The van der Waals surface area contributed by atoms with Gasteiger partial charge in [0.2, 0.25) is 0 Å². The Morgan fingerprint density at radius 2 is 1.82 bits per heavy atom. The van der Waals surface area contributed by atoms with E-state index in [9.17, 15) is 4.89 Å². The van der Waals surface area contributed by atoms with E-state index in [0.717, 1.165) is 11.3 Å². The van der Waals surface area contributed by atoms with Crippen LogP contribution in [0.1, 0.15) is 19.4 Å². The molecule has 0 atom stereocenters. The number of hydrogen-bond acceptors (Lipinski definition) is 4. The molecule has 1 rings (SSSR count). The Morgan fingerprint density at radius 1 is 1.18 bits per heavy atom. The second-order valence-electron chi connectivity index (χ2n) is 3.61. The second kappa shape index (κ2) is 6.92. The van der Waals surface area contributed by atoms with Crippen molar-refractivity contribution in [1.82, 2.24) is 0 Å². The van der Waals surface area contributed by atoms with Gasteiger partial charge in [-0.1, -0.05) is 0 Å². The molecule has 1 N–H and O–H groups in total. The standard InChI is InChI=1S/C12H21O4P/c1-4-15-17(13,16-5-2)10-11-7-6-8-12(9-11)14-3/h6-9,13,17H,4-5,10H2,1-3H3. The van der Waals surface area contributed by atoms with Crippen molar-refractivity contribution >= 4 is 7.94 Å². The molecule has 1 aromatic rings. The molecule has 0 saturated carbocycles. The summed E-state index contributed by atoms with van der Waals surface area (Å²) in [5.41, 5.74) is 0.959. The van der Waals surface area contributed by atoms with E-state index in [1.165, 1.54) is 0 Å². The summed E-state index contributed by atoms with van der Waals surface area (Å²) in [6.45, 7) is 4.60. The third-order valence-corrected chi connectivity index (χ3v) is 4.64. The molecule has 0 bridgehead atoms. The molecule has 0 aliphatic carbocycles. The predicted octanol–water partition coefficient (Wildman–Crippen LogP) is 2.76. The van der Waals surface area contributed by atoms with Gasteiger partial charge in [0.25, 0.3) is 0 Å². The Morgan fingerprint density at radius 3 is 2.35 bits per heavy atom. The van der Waals surface area contributed by atoms with Gasteiger partial charge >= 0.3 is 103 Å². The minimum absolute atomic E-state index is 0.409. The molecule has 0 aliphatic heterocycles. The van der Waals surface area contributed by atoms with Gasteiger partial charge in [0, 0.05) is 0 Å². The van der Waals surface area contributed by atoms with E-state index in [1.807, 2.05) is 38.1 Å². The first-order valence-electron chi connectivity index (χ1n) is 5.76. The summed E-state index contributed by atoms with van der Waals surface area (Å²) >= 11 is 0. The molecule has 0 aliphatic rings. The van der Waals surface area contributed by atoms with Gasteiger partial charge in [-0.05, 0) is 0 Å². The fourth-order valence-corrected chi connectivity index (χ4v) is 3.56. The van der Waals surface area contributed by atoms with Crippen molar-refractivity contribution in [3.05, 3.63) is 29.8 Å². The molecule has 0 radical (unpaired) electrons. The number of ether oxygens (including phenoxy) is 1. The van der Waals surface area contributed by atoms with Gasteiger partial charge in [0.1, 0.15) is 0 Å². The van der Waals surface area contributed by atoms with Gasteiger partial charge in [0.05, 0.1) is 0 Å². The molecule has 98 valence electrons. The van der Waals surface area contributed by atoms with Crippen LogP contribution in [0.5, 0.6) is 5.75 Å². The van der Waals surface area contributed by atoms with Crippen LogP contribution in [-0.4, -0.2) is 25.2 Å². The first-order valence-corrected chi connectivity index (χ1v) is 7.74. The summed E-state index contributed by atoms with van der Waals surface area (Å²) in [5, 5.41) is 0. The van der Waals surface area contributed by atoms with Gasteiger partial charge in [-0.3, -0.25) is 0 Å². The van der Waals surface area contributed by atoms with Gasteiger partial charge in [0.15, 0.2) is 0 Å². The van der Waals surface area contributed by atoms with Crippen LogP contribution in [0.15, 0.2) is 24.3 Å². The average molecular weight is 260 g/mol. The zero-order chi connectivity index (χ0) is 12.7. The zero-order valence-corrected chi connectivity index (χ0v) is 11.6. The van der Waals surface area contributed by atoms with E-state index in [0.29, 0.717) is 19.4 Å². The summed E-state index contributed by atoms with van der Waals surface area (Å²) in [5.74, 6) is 0.770. The van der Waals surface area contributed by atoms with E-state index in [-0.39, 0.29) is 0 Å². The Balaban J connectivity index is 2.77. The summed E-state index contributed by atoms with van der Waals surface area (Å²) in [7, 11) is -1.46. The molecular weight excluding hydrogens is 239 g/mol. The summed E-state index contributed by atoms with van der Waals surface area (Å²) in [4.78, 5) is 10.3. The van der Waals surface area contributed by atoms with E-state index in [4.69, 9.17) is 13.8 Å². The maximum absolute atomic E-state index is 10.3. The van der Waals surface area contributed by atoms with Crippen LogP contribution in [0.4, 0.5) is 0 Å². The Hall–Kier alpha value is -0.670. The Kier molecular flexibility index (Phi) is 5.86. The van der Waals surface area contributed by atoms with Crippen LogP contribution in [-0.2, 0) is 15.2 Å². The molecular formula is C12H21O4P. The molecule has 0 amide bonds. The summed E-state index contributed by atoms with van der Waals surface area (Å²) < 4.78 is 15.9. The second-order valence-corrected chi connectivity index (χ2v) is 5.96. The fourth-order valence-electron chi connectivity index (χ4n) is 1.64. The molecule has 1 aromatic carbocycles. The Labute approximate surface area is 103 Å². The SMILES string of the molecule is CCO[PH](O)(Cc1cccc(OC)c1)OCC. The van der Waals surface area contributed by atoms with E-state index >= 15 is 0 Å². The minimum atomic E-state index is -3.08. The third kappa shape index (κ3) is 4.60. The normalized spacial score (nSPS) is 12.5. The van der Waals surface area contributed by atoms with Crippen molar-refractivity contribution in [1.29, 1.82) is 0 Å². The quantitative estimate of drug-likeness (QED) is 0.766. The van der Waals surface area contributed by atoms with Crippen molar-refractivity contribution in [3.8, 4) is 5.75 Å². The van der Waals surface area contributed by atoms with Gasteiger partial charge in [-0.15, -0.1) is 0 Å². The van der Waals surface area contributed by atoms with Gasteiger partial charge in [-0.25, -0.2) is 0 Å². The summed E-state index contributed by atoms with van der Waals surface area (Å²) in [6.07, 6.45) is 0.409. The van der Waals surface area contributed by atoms with Crippen molar-refractivity contribution in [2.45, 2.75) is 20.0 Å². The third-order valence-electron chi connectivity index (χ3n) is 2.30. The van der Waals surface area contributed by atoms with E-state index in [2.05, 4.69) is 0 Å². The monoisotopic (exact) mass is 260 g/mol. The summed E-state index contributed by atoms with van der Waals surface area (Å²) in [6, 6.07) is 7.57. The van der Waals surface area contributed by atoms with Crippen LogP contribution >= 0.6 is 7.94 Å². The molecule has 0 fully saturated rings. The van der Waals surface area contributed by atoms with Crippen LogP contribution in [0, 0.1) is 0 Å². The van der Waals surface area contributed by atoms with Crippen LogP contribution in [0.25, 0.3) is 0 Å². The molecule has 4 nitrogen and oxygen atoms in total. The van der Waals surface area contributed by atoms with Crippen LogP contribution < -0.4 is 4.74 Å². The molecule has 0 heterocycles. The zero-order valence-electron chi connectivity index (χ0n) is 10.6. The predicted molar refractivity (Wildman–Crippen MR) is 70.5 cm³/mol. The van der Waals surface area contributed by atoms with Crippen LogP contribution in [0.2, 0.25) is 0 Å². The van der Waals surface area contributed by atoms with E-state index < -0.39 is 7.94 Å². The molecule has 0 aromatic heterocycles. The molecule has 0 spiro atoms.